The predicted molar refractivity (Wildman–Crippen MR) is 158 cm³/mol. The highest BCUT2D eigenvalue weighted by Crippen LogP contribution is 1.96. The first-order valence-corrected chi connectivity index (χ1v) is 13.3. The second kappa shape index (κ2) is 52.0. The summed E-state index contributed by atoms with van der Waals surface area (Å²) in [6, 6.07) is 16.2. The third kappa shape index (κ3) is 65.2. The van der Waals surface area contributed by atoms with Gasteiger partial charge in [-0.05, 0) is 30.5 Å². The molecule has 1 aliphatic carbocycles. The molecule has 0 saturated heterocycles. The fourth-order valence-electron chi connectivity index (χ4n) is 1.42. The van der Waals surface area contributed by atoms with E-state index in [4.69, 9.17) is 0 Å². The van der Waals surface area contributed by atoms with Crippen LogP contribution in [0.5, 0.6) is 0 Å². The van der Waals surface area contributed by atoms with Gasteiger partial charge in [0.05, 0.1) is 0 Å². The minimum Gasteiger partial charge on any atom is -0.265 e. The summed E-state index contributed by atoms with van der Waals surface area (Å²) in [6.45, 7) is 23.2. The van der Waals surface area contributed by atoms with Gasteiger partial charge in [0.25, 0.3) is 0 Å². The second-order valence-electron chi connectivity index (χ2n) is 6.78. The van der Waals surface area contributed by atoms with Crippen LogP contribution in [0.25, 0.3) is 0 Å². The molecule has 1 aromatic carbocycles. The molecule has 192 valence electrons. The monoisotopic (exact) mass is 457 g/mol. The second-order valence-corrected chi connectivity index (χ2v) is 6.78. The van der Waals surface area contributed by atoms with Crippen LogP contribution in [0.1, 0.15) is 114 Å². The summed E-state index contributed by atoms with van der Waals surface area (Å²) >= 11 is 0. The van der Waals surface area contributed by atoms with Crippen molar-refractivity contribution in [3.63, 3.8) is 0 Å². The van der Waals surface area contributed by atoms with Gasteiger partial charge in [0.1, 0.15) is 0 Å². The standard InChI is InChI=1S/C8H10.C5H5N.C5H6.4C3H8.C2H6/c1-2-8-6-4-3-5-7-8;1-2-4-6-5-3-1;1-2-4-5-3-1;4*1-3-2;1-2/h3-7H,2H2,1H3;1-5H;1-4H,5H2;4*3H2,1-2H3;1-2H3. The van der Waals surface area contributed by atoms with Crippen molar-refractivity contribution in [2.24, 2.45) is 0 Å². The molecule has 0 radical (unpaired) electrons. The van der Waals surface area contributed by atoms with Crippen LogP contribution in [0, 0.1) is 0 Å². The molecule has 1 nitrogen and oxygen atoms in total. The van der Waals surface area contributed by atoms with E-state index in [-0.39, 0.29) is 0 Å². The number of pyridine rings is 1. The molecule has 0 atom stereocenters. The Kier molecular flexibility index (Phi) is 64.9. The van der Waals surface area contributed by atoms with E-state index >= 15 is 0 Å². The Morgan fingerprint density at radius 3 is 1.03 bits per heavy atom. The van der Waals surface area contributed by atoms with E-state index in [0.717, 1.165) is 12.8 Å². The summed E-state index contributed by atoms with van der Waals surface area (Å²) in [7, 11) is 0. The minimum absolute atomic E-state index is 1.14. The molecule has 1 aromatic heterocycles. The van der Waals surface area contributed by atoms with Gasteiger partial charge in [-0.1, -0.05) is 163 Å². The summed E-state index contributed by atoms with van der Waals surface area (Å²) < 4.78 is 0. The van der Waals surface area contributed by atoms with Crippen LogP contribution >= 0.6 is 0 Å². The van der Waals surface area contributed by atoms with Gasteiger partial charge >= 0.3 is 0 Å². The van der Waals surface area contributed by atoms with Crippen LogP contribution < -0.4 is 0 Å². The Bertz CT molecular complexity index is 470. The molecule has 0 bridgehead atoms. The van der Waals surface area contributed by atoms with E-state index < -0.39 is 0 Å². The number of nitrogens with zero attached hydrogens (tertiary/aromatic N) is 1. The van der Waals surface area contributed by atoms with Gasteiger partial charge in [0.2, 0.25) is 0 Å². The quantitative estimate of drug-likeness (QED) is 0.415. The predicted octanol–water partition coefficient (Wildman–Crippen LogP) is 11.5. The van der Waals surface area contributed by atoms with E-state index in [1.807, 2.05) is 38.1 Å². The van der Waals surface area contributed by atoms with Crippen molar-refractivity contribution < 1.29 is 0 Å². The highest BCUT2D eigenvalue weighted by Gasteiger charge is 1.80. The molecular weight excluding hydrogens is 398 g/mol. The maximum absolute atomic E-state index is 3.78. The SMILES string of the molecule is C1=CCC=C1.CC.CCC.CCC.CCC.CCC.CCc1ccccc1.c1ccncc1. The van der Waals surface area contributed by atoms with Gasteiger partial charge < -0.3 is 0 Å². The van der Waals surface area contributed by atoms with Crippen LogP contribution in [0.4, 0.5) is 0 Å². The molecule has 0 saturated carbocycles. The van der Waals surface area contributed by atoms with Crippen molar-refractivity contribution in [3.05, 3.63) is 90.8 Å². The fourth-order valence-corrected chi connectivity index (χ4v) is 1.42. The maximum atomic E-state index is 3.78. The van der Waals surface area contributed by atoms with Crippen LogP contribution in [0.15, 0.2) is 85.2 Å². The lowest BCUT2D eigenvalue weighted by Crippen LogP contribution is -1.73. The zero-order chi connectivity index (χ0) is 26.4. The Morgan fingerprint density at radius 2 is 0.879 bits per heavy atom. The molecule has 0 unspecified atom stereocenters. The zero-order valence-electron chi connectivity index (χ0n) is 24.3. The summed E-state index contributed by atoms with van der Waals surface area (Å²) in [6.07, 6.45) is 19.1. The minimum atomic E-state index is 1.14. The van der Waals surface area contributed by atoms with E-state index in [2.05, 4.69) is 116 Å². The van der Waals surface area contributed by atoms with E-state index in [1.165, 1.54) is 31.2 Å². The number of hydrogen-bond donors (Lipinski definition) is 0. The topological polar surface area (TPSA) is 12.9 Å². The van der Waals surface area contributed by atoms with Crippen molar-refractivity contribution >= 4 is 0 Å². The first-order valence-electron chi connectivity index (χ1n) is 13.3. The molecule has 0 amide bonds. The number of allylic oxidation sites excluding steroid dienone is 4. The summed E-state index contributed by atoms with van der Waals surface area (Å²) in [5.74, 6) is 0. The smallest absolute Gasteiger partial charge is 0.0267 e. The first kappa shape index (κ1) is 41.1. The van der Waals surface area contributed by atoms with Crippen molar-refractivity contribution in [3.8, 4) is 0 Å². The van der Waals surface area contributed by atoms with Crippen LogP contribution in [-0.4, -0.2) is 4.98 Å². The van der Waals surface area contributed by atoms with Gasteiger partial charge in [-0.15, -0.1) is 0 Å². The summed E-state index contributed by atoms with van der Waals surface area (Å²) in [5, 5.41) is 0. The number of aromatic nitrogens is 1. The summed E-state index contributed by atoms with van der Waals surface area (Å²) in [4.78, 5) is 3.78. The average molecular weight is 458 g/mol. The molecule has 0 aliphatic heterocycles. The lowest BCUT2D eigenvalue weighted by molar-refractivity contribution is 1.09. The van der Waals surface area contributed by atoms with E-state index in [0.29, 0.717) is 0 Å². The normalized spacial score (nSPS) is 8.70. The molecular formula is C32H59N. The molecule has 1 aliphatic rings. The summed E-state index contributed by atoms with van der Waals surface area (Å²) in [5.41, 5.74) is 1.41. The highest BCUT2D eigenvalue weighted by atomic mass is 14.6. The highest BCUT2D eigenvalue weighted by molar-refractivity contribution is 5.14. The molecule has 0 N–H and O–H groups in total. The van der Waals surface area contributed by atoms with Crippen molar-refractivity contribution in [1.82, 2.24) is 4.98 Å². The van der Waals surface area contributed by atoms with Crippen molar-refractivity contribution in [2.75, 3.05) is 0 Å². The molecule has 1 heteroatoms. The molecule has 2 aromatic rings. The number of benzene rings is 1. The average Bonchev–Trinajstić information content (AvgIpc) is 3.45. The Hall–Kier alpha value is -2.15. The maximum Gasteiger partial charge on any atom is 0.0267 e. The number of hydrogen-bond acceptors (Lipinski definition) is 1. The zero-order valence-corrected chi connectivity index (χ0v) is 24.3. The molecule has 0 spiro atoms. The Balaban J connectivity index is -0.0000000952. The van der Waals surface area contributed by atoms with E-state index in [9.17, 15) is 0 Å². The third-order valence-corrected chi connectivity index (χ3v) is 2.47. The third-order valence-electron chi connectivity index (χ3n) is 2.47. The van der Waals surface area contributed by atoms with E-state index in [1.54, 1.807) is 12.4 Å². The molecule has 33 heavy (non-hydrogen) atoms. The van der Waals surface area contributed by atoms with Crippen molar-refractivity contribution in [1.29, 1.82) is 0 Å². The largest absolute Gasteiger partial charge is 0.265 e. The number of aryl methyl sites for hydroxylation is 1. The van der Waals surface area contributed by atoms with Gasteiger partial charge in [-0.2, -0.15) is 0 Å². The number of rotatable bonds is 1. The van der Waals surface area contributed by atoms with Crippen molar-refractivity contribution in [2.45, 2.75) is 115 Å². The molecule has 0 fully saturated rings. The molecule has 3 rings (SSSR count). The Morgan fingerprint density at radius 1 is 0.545 bits per heavy atom. The van der Waals surface area contributed by atoms with Crippen LogP contribution in [0.3, 0.4) is 0 Å². The Labute approximate surface area is 210 Å². The van der Waals surface area contributed by atoms with Gasteiger partial charge in [-0.25, -0.2) is 0 Å². The fraction of sp³-hybridized carbons (Fsp3) is 0.531. The lowest BCUT2D eigenvalue weighted by Gasteiger charge is -1.89. The van der Waals surface area contributed by atoms with Crippen LogP contribution in [0.2, 0.25) is 0 Å². The van der Waals surface area contributed by atoms with Crippen LogP contribution in [-0.2, 0) is 6.42 Å². The lowest BCUT2D eigenvalue weighted by atomic mass is 10.2. The first-order chi connectivity index (χ1) is 16.1. The molecule has 1 heterocycles. The van der Waals surface area contributed by atoms with Gasteiger partial charge in [0.15, 0.2) is 0 Å². The van der Waals surface area contributed by atoms with Gasteiger partial charge in [0, 0.05) is 12.4 Å². The van der Waals surface area contributed by atoms with Gasteiger partial charge in [-0.3, -0.25) is 4.98 Å².